The van der Waals surface area contributed by atoms with Gasteiger partial charge in [0.15, 0.2) is 0 Å². The van der Waals surface area contributed by atoms with Crippen LogP contribution in [0.4, 0.5) is 5.82 Å². The molecular formula is C13H19ClN6O. The lowest BCUT2D eigenvalue weighted by molar-refractivity contribution is -0.127. The second-order valence-corrected chi connectivity index (χ2v) is 5.39. The third-order valence-corrected chi connectivity index (χ3v) is 3.56. The van der Waals surface area contributed by atoms with Crippen LogP contribution in [0.1, 0.15) is 18.9 Å². The van der Waals surface area contributed by atoms with Gasteiger partial charge in [-0.3, -0.25) is 4.79 Å². The van der Waals surface area contributed by atoms with Crippen LogP contribution in [0.2, 0.25) is 5.15 Å². The van der Waals surface area contributed by atoms with Crippen molar-refractivity contribution in [1.29, 1.82) is 0 Å². The number of carbonyl (C=O) groups excluding carboxylic acids is 1. The Bertz CT molecular complexity index is 653. The van der Waals surface area contributed by atoms with Gasteiger partial charge in [-0.2, -0.15) is 19.6 Å². The Balaban J connectivity index is 2.51. The van der Waals surface area contributed by atoms with Gasteiger partial charge >= 0.3 is 0 Å². The molecule has 7 nitrogen and oxygen atoms in total. The average molecular weight is 311 g/mol. The van der Waals surface area contributed by atoms with Crippen molar-refractivity contribution in [3.8, 4) is 0 Å². The van der Waals surface area contributed by atoms with E-state index in [1.54, 1.807) is 23.5 Å². The van der Waals surface area contributed by atoms with Crippen molar-refractivity contribution in [3.63, 3.8) is 0 Å². The second-order valence-electron chi connectivity index (χ2n) is 5.03. The molecule has 0 fully saturated rings. The fraction of sp³-hybridized carbons (Fsp3) is 0.538. The lowest BCUT2D eigenvalue weighted by atomic mass is 10.3. The van der Waals surface area contributed by atoms with E-state index in [2.05, 4.69) is 22.0 Å². The normalized spacial score (nSPS) is 10.9. The van der Waals surface area contributed by atoms with E-state index in [-0.39, 0.29) is 12.5 Å². The smallest absolute Gasteiger partial charge is 0.255 e. The summed E-state index contributed by atoms with van der Waals surface area (Å²) in [5.41, 5.74) is 0.787. The Hall–Kier alpha value is -1.89. The zero-order valence-corrected chi connectivity index (χ0v) is 13.4. The number of nitrogens with zero attached hydrogens (tertiary/aromatic N) is 6. The lowest BCUT2D eigenvalue weighted by Gasteiger charge is -2.26. The molecule has 8 heteroatoms. The number of amides is 1. The maximum Gasteiger partial charge on any atom is 0.255 e. The maximum atomic E-state index is 12.1. The summed E-state index contributed by atoms with van der Waals surface area (Å²) in [6, 6.07) is 0. The molecule has 0 N–H and O–H groups in total. The van der Waals surface area contributed by atoms with Crippen LogP contribution in [0, 0.1) is 6.92 Å². The molecule has 0 spiro atoms. The van der Waals surface area contributed by atoms with Gasteiger partial charge in [0.05, 0.1) is 6.54 Å². The highest BCUT2D eigenvalue weighted by molar-refractivity contribution is 6.30. The van der Waals surface area contributed by atoms with Crippen molar-refractivity contribution in [2.45, 2.75) is 20.3 Å². The summed E-state index contributed by atoms with van der Waals surface area (Å²) >= 11 is 6.18. The van der Waals surface area contributed by atoms with Crippen LogP contribution in [0.25, 0.3) is 5.78 Å². The predicted molar refractivity (Wildman–Crippen MR) is 81.7 cm³/mol. The zero-order chi connectivity index (χ0) is 15.6. The minimum atomic E-state index is 0.0176. The van der Waals surface area contributed by atoms with E-state index in [9.17, 15) is 4.79 Å². The number of rotatable bonds is 5. The molecule has 2 aromatic heterocycles. The Morgan fingerprint density at radius 1 is 1.43 bits per heavy atom. The molecule has 2 aromatic rings. The van der Waals surface area contributed by atoms with Gasteiger partial charge in [0.1, 0.15) is 17.3 Å². The molecule has 0 aliphatic heterocycles. The second kappa shape index (κ2) is 6.26. The van der Waals surface area contributed by atoms with Gasteiger partial charge < -0.3 is 9.80 Å². The van der Waals surface area contributed by atoms with E-state index in [1.165, 1.54) is 6.33 Å². The molecule has 0 saturated heterocycles. The monoisotopic (exact) mass is 310 g/mol. The largest absolute Gasteiger partial charge is 0.347 e. The molecule has 0 unspecified atom stereocenters. The first-order chi connectivity index (χ1) is 9.95. The number of halogens is 1. The van der Waals surface area contributed by atoms with E-state index in [1.807, 2.05) is 11.8 Å². The highest BCUT2D eigenvalue weighted by Gasteiger charge is 2.20. The summed E-state index contributed by atoms with van der Waals surface area (Å²) in [5, 5.41) is 4.57. The molecule has 0 atom stereocenters. The quantitative estimate of drug-likeness (QED) is 0.781. The van der Waals surface area contributed by atoms with Crippen molar-refractivity contribution >= 4 is 29.1 Å². The Morgan fingerprint density at radius 2 is 2.14 bits per heavy atom. The summed E-state index contributed by atoms with van der Waals surface area (Å²) in [4.78, 5) is 23.9. The first kappa shape index (κ1) is 15.5. The molecule has 0 aliphatic rings. The van der Waals surface area contributed by atoms with Crippen LogP contribution < -0.4 is 4.90 Å². The van der Waals surface area contributed by atoms with Crippen molar-refractivity contribution in [3.05, 3.63) is 17.0 Å². The molecule has 2 rings (SSSR count). The number of likely N-dealkylation sites (N-methyl/N-ethyl adjacent to an activating group) is 1. The van der Waals surface area contributed by atoms with E-state index in [0.717, 1.165) is 24.3 Å². The lowest BCUT2D eigenvalue weighted by Crippen LogP contribution is -2.38. The first-order valence-corrected chi connectivity index (χ1v) is 7.14. The number of hydrogen-bond donors (Lipinski definition) is 0. The molecule has 2 heterocycles. The Labute approximate surface area is 128 Å². The molecule has 0 bridgehead atoms. The summed E-state index contributed by atoms with van der Waals surface area (Å²) in [7, 11) is 3.48. The average Bonchev–Trinajstić information content (AvgIpc) is 2.87. The fourth-order valence-electron chi connectivity index (χ4n) is 2.09. The fourth-order valence-corrected chi connectivity index (χ4v) is 2.25. The van der Waals surface area contributed by atoms with Crippen LogP contribution in [0.15, 0.2) is 6.33 Å². The van der Waals surface area contributed by atoms with Crippen LogP contribution in [0.3, 0.4) is 0 Å². The zero-order valence-electron chi connectivity index (χ0n) is 12.7. The molecule has 0 radical (unpaired) electrons. The third kappa shape index (κ3) is 3.07. The van der Waals surface area contributed by atoms with Crippen molar-refractivity contribution in [1.82, 2.24) is 24.5 Å². The van der Waals surface area contributed by atoms with Crippen molar-refractivity contribution < 1.29 is 4.79 Å². The summed E-state index contributed by atoms with van der Waals surface area (Å²) < 4.78 is 1.62. The van der Waals surface area contributed by atoms with E-state index >= 15 is 0 Å². The minimum absolute atomic E-state index is 0.0176. The van der Waals surface area contributed by atoms with E-state index < -0.39 is 0 Å². The van der Waals surface area contributed by atoms with Gasteiger partial charge in [-0.15, -0.1) is 0 Å². The standard InChI is InChI=1S/C13H19ClN6O/c1-5-6-19(7-10(21)18(3)4)12-9(2)11(14)17-13-15-8-16-20(12)13/h8H,5-7H2,1-4H3. The number of hydrogen-bond acceptors (Lipinski definition) is 5. The van der Waals surface area contributed by atoms with E-state index in [4.69, 9.17) is 11.6 Å². The van der Waals surface area contributed by atoms with Gasteiger partial charge in [0, 0.05) is 26.2 Å². The Kier molecular flexibility index (Phi) is 4.62. The minimum Gasteiger partial charge on any atom is -0.347 e. The molecule has 0 saturated carbocycles. The number of anilines is 1. The molecule has 114 valence electrons. The van der Waals surface area contributed by atoms with Crippen LogP contribution in [0.5, 0.6) is 0 Å². The van der Waals surface area contributed by atoms with Crippen LogP contribution >= 0.6 is 11.6 Å². The van der Waals surface area contributed by atoms with Crippen molar-refractivity contribution in [2.75, 3.05) is 32.1 Å². The number of aromatic nitrogens is 4. The molecule has 0 aliphatic carbocycles. The van der Waals surface area contributed by atoms with Gasteiger partial charge in [-0.05, 0) is 13.3 Å². The SMILES string of the molecule is CCCN(CC(=O)N(C)C)c1c(C)c(Cl)nc2ncnn12. The van der Waals surface area contributed by atoms with Gasteiger partial charge in [-0.1, -0.05) is 18.5 Å². The van der Waals surface area contributed by atoms with E-state index in [0.29, 0.717) is 10.9 Å². The van der Waals surface area contributed by atoms with Gasteiger partial charge in [0.25, 0.3) is 5.78 Å². The summed E-state index contributed by atoms with van der Waals surface area (Å²) in [6.45, 7) is 4.91. The van der Waals surface area contributed by atoms with Crippen LogP contribution in [-0.2, 0) is 4.79 Å². The highest BCUT2D eigenvalue weighted by Crippen LogP contribution is 2.25. The molecule has 0 aromatic carbocycles. The van der Waals surface area contributed by atoms with Crippen molar-refractivity contribution in [2.24, 2.45) is 0 Å². The number of carbonyl (C=O) groups is 1. The van der Waals surface area contributed by atoms with Gasteiger partial charge in [0.2, 0.25) is 5.91 Å². The predicted octanol–water partition coefficient (Wildman–Crippen LogP) is 1.39. The number of fused-ring (bicyclic) bond motifs is 1. The Morgan fingerprint density at radius 3 is 2.76 bits per heavy atom. The summed E-state index contributed by atoms with van der Waals surface area (Å²) in [6.07, 6.45) is 2.33. The maximum absolute atomic E-state index is 12.1. The highest BCUT2D eigenvalue weighted by atomic mass is 35.5. The third-order valence-electron chi connectivity index (χ3n) is 3.19. The van der Waals surface area contributed by atoms with Crippen LogP contribution in [-0.4, -0.2) is 57.6 Å². The topological polar surface area (TPSA) is 66.6 Å². The van der Waals surface area contributed by atoms with Gasteiger partial charge in [-0.25, -0.2) is 0 Å². The molecule has 21 heavy (non-hydrogen) atoms. The molecule has 1 amide bonds. The molecular weight excluding hydrogens is 292 g/mol. The first-order valence-electron chi connectivity index (χ1n) is 6.76. The summed E-state index contributed by atoms with van der Waals surface area (Å²) in [5.74, 6) is 1.21.